The summed E-state index contributed by atoms with van der Waals surface area (Å²) in [4.78, 5) is 29.8. The minimum Gasteiger partial charge on any atom is -0.290 e. The Morgan fingerprint density at radius 3 is 2.44 bits per heavy atom. The molecule has 0 bridgehead atoms. The third-order valence-corrected chi connectivity index (χ3v) is 5.51. The Kier molecular flexibility index (Phi) is 5.14. The average Bonchev–Trinajstić information content (AvgIpc) is 2.87. The second-order valence-corrected chi connectivity index (χ2v) is 7.45. The van der Waals surface area contributed by atoms with Gasteiger partial charge in [0.05, 0.1) is 15.5 Å². The van der Waals surface area contributed by atoms with Crippen LogP contribution in [-0.4, -0.2) is 27.9 Å². The number of nitro groups is 1. The monoisotopic (exact) mass is 381 g/mol. The molecule has 138 valence electrons. The topological polar surface area (TPSA) is 75.8 Å². The van der Waals surface area contributed by atoms with Crippen LogP contribution in [-0.2, 0) is 4.79 Å². The molecule has 0 N–H and O–H groups in total. The van der Waals surface area contributed by atoms with E-state index < -0.39 is 4.92 Å². The predicted molar refractivity (Wildman–Crippen MR) is 109 cm³/mol. The number of carbonyl (C=O) groups is 1. The van der Waals surface area contributed by atoms with Crippen molar-refractivity contribution in [2.75, 3.05) is 7.05 Å². The van der Waals surface area contributed by atoms with E-state index in [-0.39, 0.29) is 11.6 Å². The summed E-state index contributed by atoms with van der Waals surface area (Å²) in [5, 5.41) is 11.7. The molecular formula is C20H19N3O3S. The summed E-state index contributed by atoms with van der Waals surface area (Å²) in [6.45, 7) is 5.74. The molecule has 6 nitrogen and oxygen atoms in total. The Morgan fingerprint density at radius 2 is 1.78 bits per heavy atom. The first-order chi connectivity index (χ1) is 12.8. The molecule has 2 aromatic rings. The molecule has 1 heterocycles. The fraction of sp³-hybridized carbons (Fsp3) is 0.200. The van der Waals surface area contributed by atoms with Gasteiger partial charge in [0, 0.05) is 18.7 Å². The molecule has 1 saturated heterocycles. The molecule has 0 saturated carbocycles. The van der Waals surface area contributed by atoms with E-state index in [1.165, 1.54) is 28.3 Å². The minimum atomic E-state index is -0.417. The third kappa shape index (κ3) is 3.93. The SMILES string of the molecule is Cc1ccc(N=C2S/C(=C/c3ccc(C)c([N+](=O)[O-])c3)C(=O)N2C)cc1C. The molecule has 0 aromatic heterocycles. The smallest absolute Gasteiger partial charge is 0.272 e. The van der Waals surface area contributed by atoms with Crippen LogP contribution in [0.25, 0.3) is 6.08 Å². The largest absolute Gasteiger partial charge is 0.290 e. The van der Waals surface area contributed by atoms with Crippen LogP contribution in [0, 0.1) is 30.9 Å². The molecule has 2 aromatic carbocycles. The average molecular weight is 381 g/mol. The van der Waals surface area contributed by atoms with Gasteiger partial charge in [0.15, 0.2) is 5.17 Å². The van der Waals surface area contributed by atoms with Gasteiger partial charge in [-0.05, 0) is 67.4 Å². The van der Waals surface area contributed by atoms with Crippen molar-refractivity contribution in [1.82, 2.24) is 4.90 Å². The summed E-state index contributed by atoms with van der Waals surface area (Å²) in [5.74, 6) is -0.175. The summed E-state index contributed by atoms with van der Waals surface area (Å²) >= 11 is 1.26. The van der Waals surface area contributed by atoms with E-state index >= 15 is 0 Å². The van der Waals surface area contributed by atoms with Crippen molar-refractivity contribution in [3.8, 4) is 0 Å². The van der Waals surface area contributed by atoms with Gasteiger partial charge in [-0.3, -0.25) is 19.8 Å². The van der Waals surface area contributed by atoms with Gasteiger partial charge < -0.3 is 0 Å². The number of aryl methyl sites for hydroxylation is 3. The first-order valence-corrected chi connectivity index (χ1v) is 9.16. The van der Waals surface area contributed by atoms with E-state index in [4.69, 9.17) is 0 Å². The van der Waals surface area contributed by atoms with Crippen molar-refractivity contribution in [3.63, 3.8) is 0 Å². The Hall–Kier alpha value is -2.93. The van der Waals surface area contributed by atoms with Crippen molar-refractivity contribution < 1.29 is 9.72 Å². The number of amides is 1. The van der Waals surface area contributed by atoms with Crippen molar-refractivity contribution in [2.24, 2.45) is 4.99 Å². The number of hydrogen-bond acceptors (Lipinski definition) is 5. The molecular weight excluding hydrogens is 362 g/mol. The molecule has 1 aliphatic heterocycles. The fourth-order valence-electron chi connectivity index (χ4n) is 2.62. The molecule has 0 radical (unpaired) electrons. The van der Waals surface area contributed by atoms with Crippen molar-refractivity contribution >= 4 is 40.3 Å². The molecule has 27 heavy (non-hydrogen) atoms. The van der Waals surface area contributed by atoms with Crippen LogP contribution in [0.4, 0.5) is 11.4 Å². The van der Waals surface area contributed by atoms with Gasteiger partial charge in [-0.15, -0.1) is 0 Å². The maximum absolute atomic E-state index is 12.5. The van der Waals surface area contributed by atoms with E-state index in [1.807, 2.05) is 32.0 Å². The van der Waals surface area contributed by atoms with Crippen LogP contribution in [0.2, 0.25) is 0 Å². The van der Waals surface area contributed by atoms with Gasteiger partial charge in [-0.2, -0.15) is 0 Å². The lowest BCUT2D eigenvalue weighted by molar-refractivity contribution is -0.385. The number of amidine groups is 1. The molecule has 0 unspecified atom stereocenters. The van der Waals surface area contributed by atoms with E-state index in [9.17, 15) is 14.9 Å². The number of rotatable bonds is 3. The van der Waals surface area contributed by atoms with E-state index in [0.717, 1.165) is 11.3 Å². The first-order valence-electron chi connectivity index (χ1n) is 8.35. The van der Waals surface area contributed by atoms with Crippen LogP contribution < -0.4 is 0 Å². The molecule has 0 atom stereocenters. The van der Waals surface area contributed by atoms with Gasteiger partial charge in [0.25, 0.3) is 11.6 Å². The number of aliphatic imine (C=N–C) groups is 1. The Labute approximate surface area is 161 Å². The number of nitrogens with zero attached hydrogens (tertiary/aromatic N) is 3. The zero-order valence-electron chi connectivity index (χ0n) is 15.5. The summed E-state index contributed by atoms with van der Waals surface area (Å²) in [6, 6.07) is 10.8. The normalized spacial score (nSPS) is 17.2. The number of thioether (sulfide) groups is 1. The van der Waals surface area contributed by atoms with Crippen molar-refractivity contribution in [2.45, 2.75) is 20.8 Å². The van der Waals surface area contributed by atoms with Crippen molar-refractivity contribution in [3.05, 3.63) is 73.7 Å². The van der Waals surface area contributed by atoms with Crippen molar-refractivity contribution in [1.29, 1.82) is 0 Å². The lowest BCUT2D eigenvalue weighted by Gasteiger charge is -2.08. The zero-order valence-corrected chi connectivity index (χ0v) is 16.3. The Morgan fingerprint density at radius 1 is 1.07 bits per heavy atom. The standard InChI is InChI=1S/C20H19N3O3S/c1-12-6-8-16(9-14(12)3)21-20-22(4)19(24)18(27-20)11-15-7-5-13(2)17(10-15)23(25)26/h5-11H,1-4H3/b18-11+,21-20?. The van der Waals surface area contributed by atoms with Crippen LogP contribution in [0.5, 0.6) is 0 Å². The molecule has 7 heteroatoms. The van der Waals surface area contributed by atoms with Crippen LogP contribution in [0.1, 0.15) is 22.3 Å². The number of benzene rings is 2. The zero-order chi connectivity index (χ0) is 19.7. The minimum absolute atomic E-state index is 0.0390. The highest BCUT2D eigenvalue weighted by molar-refractivity contribution is 8.18. The Bertz CT molecular complexity index is 1010. The molecule has 1 amide bonds. The summed E-state index contributed by atoms with van der Waals surface area (Å²) in [7, 11) is 1.67. The van der Waals surface area contributed by atoms with Gasteiger partial charge in [-0.25, -0.2) is 4.99 Å². The molecule has 0 spiro atoms. The maximum Gasteiger partial charge on any atom is 0.272 e. The molecule has 1 fully saturated rings. The second kappa shape index (κ2) is 7.36. The molecule has 1 aliphatic rings. The molecule has 0 aliphatic carbocycles. The van der Waals surface area contributed by atoms with Gasteiger partial charge in [0.2, 0.25) is 0 Å². The lowest BCUT2D eigenvalue weighted by Crippen LogP contribution is -2.23. The summed E-state index contributed by atoms with van der Waals surface area (Å²) in [5.41, 5.74) is 4.34. The van der Waals surface area contributed by atoms with E-state index in [1.54, 1.807) is 32.2 Å². The van der Waals surface area contributed by atoms with Gasteiger partial charge in [0.1, 0.15) is 0 Å². The first kappa shape index (κ1) is 18.8. The van der Waals surface area contributed by atoms with E-state index in [0.29, 0.717) is 21.2 Å². The van der Waals surface area contributed by atoms with Crippen LogP contribution >= 0.6 is 11.8 Å². The van der Waals surface area contributed by atoms with Crippen LogP contribution in [0.15, 0.2) is 46.3 Å². The fourth-order valence-corrected chi connectivity index (χ4v) is 3.61. The summed E-state index contributed by atoms with van der Waals surface area (Å²) in [6.07, 6.45) is 1.67. The summed E-state index contributed by atoms with van der Waals surface area (Å²) < 4.78 is 0. The second-order valence-electron chi connectivity index (χ2n) is 6.44. The highest BCUT2D eigenvalue weighted by Crippen LogP contribution is 2.34. The lowest BCUT2D eigenvalue weighted by atomic mass is 10.1. The number of carbonyl (C=O) groups excluding carboxylic acids is 1. The predicted octanol–water partition coefficient (Wildman–Crippen LogP) is 4.75. The highest BCUT2D eigenvalue weighted by atomic mass is 32.2. The maximum atomic E-state index is 12.5. The Balaban J connectivity index is 1.93. The molecule has 3 rings (SSSR count). The number of hydrogen-bond donors (Lipinski definition) is 0. The van der Waals surface area contributed by atoms with Gasteiger partial charge in [-0.1, -0.05) is 18.2 Å². The highest BCUT2D eigenvalue weighted by Gasteiger charge is 2.30. The quantitative estimate of drug-likeness (QED) is 0.437. The third-order valence-electron chi connectivity index (χ3n) is 4.45. The van der Waals surface area contributed by atoms with E-state index in [2.05, 4.69) is 4.99 Å². The number of nitro benzene ring substituents is 1. The van der Waals surface area contributed by atoms with Gasteiger partial charge >= 0.3 is 0 Å². The number of likely N-dealkylation sites (N-methyl/N-ethyl adjacent to an activating group) is 1. The van der Waals surface area contributed by atoms with Crippen LogP contribution in [0.3, 0.4) is 0 Å².